The van der Waals surface area contributed by atoms with Gasteiger partial charge < -0.3 is 15.0 Å². The minimum atomic E-state index is -0.334. The Morgan fingerprint density at radius 3 is 2.96 bits per heavy atom. The summed E-state index contributed by atoms with van der Waals surface area (Å²) < 4.78 is 19.8. The van der Waals surface area contributed by atoms with Crippen molar-refractivity contribution in [3.05, 3.63) is 42.1 Å². The Kier molecular flexibility index (Phi) is 3.80. The number of aromatic nitrogens is 3. The Morgan fingerprint density at radius 2 is 2.17 bits per heavy atom. The topological polar surface area (TPSA) is 63.2 Å². The number of nitrogens with zero attached hydrogens (tertiary/aromatic N) is 4. The van der Waals surface area contributed by atoms with Gasteiger partial charge in [0.15, 0.2) is 11.6 Å². The van der Waals surface area contributed by atoms with Crippen molar-refractivity contribution in [3.63, 3.8) is 0 Å². The van der Waals surface area contributed by atoms with Gasteiger partial charge in [-0.15, -0.1) is 0 Å². The lowest BCUT2D eigenvalue weighted by Crippen LogP contribution is -2.34. The predicted molar refractivity (Wildman–Crippen MR) is 88.5 cm³/mol. The van der Waals surface area contributed by atoms with Crippen LogP contribution in [0.1, 0.15) is 18.4 Å². The standard InChI is InChI=1S/C17H20FN5O/c1-12-8-20-16(21-9-12)23-6-4-17(11-23)7-13(10-24-17)22-15-14(18)3-2-5-19-15/h2-3,5,8-9,13H,4,6-7,10-11H2,1H3,(H,19,22)/t13-,17-/m0/s1. The van der Waals surface area contributed by atoms with Crippen molar-refractivity contribution in [2.24, 2.45) is 0 Å². The summed E-state index contributed by atoms with van der Waals surface area (Å²) in [5.41, 5.74) is 0.836. The van der Waals surface area contributed by atoms with Crippen LogP contribution >= 0.6 is 0 Å². The van der Waals surface area contributed by atoms with E-state index in [-0.39, 0.29) is 17.5 Å². The van der Waals surface area contributed by atoms with Crippen LogP contribution in [0.25, 0.3) is 0 Å². The van der Waals surface area contributed by atoms with Crippen LogP contribution in [0.5, 0.6) is 0 Å². The molecule has 2 aliphatic heterocycles. The highest BCUT2D eigenvalue weighted by molar-refractivity contribution is 5.38. The van der Waals surface area contributed by atoms with Crippen molar-refractivity contribution in [2.45, 2.75) is 31.4 Å². The lowest BCUT2D eigenvalue weighted by molar-refractivity contribution is 0.0228. The number of rotatable bonds is 3. The van der Waals surface area contributed by atoms with E-state index in [2.05, 4.69) is 25.2 Å². The molecule has 2 fully saturated rings. The smallest absolute Gasteiger partial charge is 0.225 e. The van der Waals surface area contributed by atoms with E-state index in [9.17, 15) is 4.39 Å². The molecule has 0 saturated carbocycles. The summed E-state index contributed by atoms with van der Waals surface area (Å²) in [4.78, 5) is 15.0. The summed E-state index contributed by atoms with van der Waals surface area (Å²) in [5.74, 6) is 0.702. The largest absolute Gasteiger partial charge is 0.371 e. The minimum Gasteiger partial charge on any atom is -0.371 e. The number of halogens is 1. The van der Waals surface area contributed by atoms with Gasteiger partial charge in [0.05, 0.1) is 24.8 Å². The second-order valence-electron chi connectivity index (χ2n) is 6.61. The van der Waals surface area contributed by atoms with Crippen LogP contribution in [0.15, 0.2) is 30.7 Å². The van der Waals surface area contributed by atoms with Crippen molar-refractivity contribution in [1.82, 2.24) is 15.0 Å². The van der Waals surface area contributed by atoms with Gasteiger partial charge >= 0.3 is 0 Å². The van der Waals surface area contributed by atoms with E-state index < -0.39 is 0 Å². The third-order valence-corrected chi connectivity index (χ3v) is 4.67. The van der Waals surface area contributed by atoms with Crippen LogP contribution in [0.4, 0.5) is 16.2 Å². The van der Waals surface area contributed by atoms with Gasteiger partial charge in [0, 0.05) is 31.6 Å². The second-order valence-corrected chi connectivity index (χ2v) is 6.61. The molecule has 0 unspecified atom stereocenters. The number of hydrogen-bond donors (Lipinski definition) is 1. The Morgan fingerprint density at radius 1 is 1.33 bits per heavy atom. The van der Waals surface area contributed by atoms with E-state index in [1.165, 1.54) is 6.07 Å². The summed E-state index contributed by atoms with van der Waals surface area (Å²) in [7, 11) is 0. The number of pyridine rings is 1. The molecule has 126 valence electrons. The summed E-state index contributed by atoms with van der Waals surface area (Å²) in [5, 5.41) is 3.16. The van der Waals surface area contributed by atoms with E-state index in [4.69, 9.17) is 4.74 Å². The van der Waals surface area contributed by atoms with Gasteiger partial charge in [-0.3, -0.25) is 0 Å². The van der Waals surface area contributed by atoms with Crippen LogP contribution in [-0.2, 0) is 4.74 Å². The van der Waals surface area contributed by atoms with E-state index in [0.717, 1.165) is 37.4 Å². The van der Waals surface area contributed by atoms with Crippen molar-refractivity contribution in [3.8, 4) is 0 Å². The second kappa shape index (κ2) is 5.98. The lowest BCUT2D eigenvalue weighted by atomic mass is 9.97. The average molecular weight is 329 g/mol. The molecule has 4 rings (SSSR count). The van der Waals surface area contributed by atoms with Crippen LogP contribution in [0.2, 0.25) is 0 Å². The molecule has 2 aromatic heterocycles. The van der Waals surface area contributed by atoms with Crippen LogP contribution in [-0.4, -0.2) is 46.3 Å². The molecule has 7 heteroatoms. The van der Waals surface area contributed by atoms with Crippen molar-refractivity contribution in [1.29, 1.82) is 0 Å². The first-order valence-corrected chi connectivity index (χ1v) is 8.18. The molecule has 2 aliphatic rings. The SMILES string of the molecule is Cc1cnc(N2CC[C@]3(C[C@H](Nc4ncccc4F)CO3)C2)nc1. The van der Waals surface area contributed by atoms with Crippen molar-refractivity contribution in [2.75, 3.05) is 29.9 Å². The Bertz CT molecular complexity index is 725. The normalized spacial score (nSPS) is 26.2. The van der Waals surface area contributed by atoms with Gasteiger partial charge in [0.2, 0.25) is 5.95 Å². The molecular weight excluding hydrogens is 309 g/mol. The molecule has 24 heavy (non-hydrogen) atoms. The van der Waals surface area contributed by atoms with E-state index in [1.54, 1.807) is 12.3 Å². The molecule has 0 aromatic carbocycles. The molecule has 2 atom stereocenters. The predicted octanol–water partition coefficient (Wildman–Crippen LogP) is 2.17. The van der Waals surface area contributed by atoms with Crippen molar-refractivity contribution >= 4 is 11.8 Å². The van der Waals surface area contributed by atoms with Gasteiger partial charge in [-0.05, 0) is 31.0 Å². The summed E-state index contributed by atoms with van der Waals surface area (Å²) in [6.45, 7) is 4.16. The van der Waals surface area contributed by atoms with Crippen molar-refractivity contribution < 1.29 is 9.13 Å². The zero-order valence-corrected chi connectivity index (χ0v) is 13.6. The van der Waals surface area contributed by atoms with Gasteiger partial charge in [-0.1, -0.05) is 0 Å². The van der Waals surface area contributed by atoms with Gasteiger partial charge in [0.1, 0.15) is 0 Å². The molecule has 0 bridgehead atoms. The van der Waals surface area contributed by atoms with Gasteiger partial charge in [-0.25, -0.2) is 19.3 Å². The molecule has 0 amide bonds. The molecule has 4 heterocycles. The lowest BCUT2D eigenvalue weighted by Gasteiger charge is -2.23. The zero-order chi connectivity index (χ0) is 16.6. The molecule has 6 nitrogen and oxygen atoms in total. The van der Waals surface area contributed by atoms with Gasteiger partial charge in [-0.2, -0.15) is 0 Å². The van der Waals surface area contributed by atoms with Crippen LogP contribution < -0.4 is 10.2 Å². The number of aryl methyl sites for hydroxylation is 1. The maximum Gasteiger partial charge on any atom is 0.225 e. The zero-order valence-electron chi connectivity index (χ0n) is 13.6. The molecule has 2 saturated heterocycles. The third-order valence-electron chi connectivity index (χ3n) is 4.67. The van der Waals surface area contributed by atoms with Crippen LogP contribution in [0, 0.1) is 12.7 Å². The highest BCUT2D eigenvalue weighted by Crippen LogP contribution is 2.37. The fourth-order valence-electron chi connectivity index (χ4n) is 3.47. The molecule has 0 aliphatic carbocycles. The molecule has 2 aromatic rings. The van der Waals surface area contributed by atoms with E-state index in [1.807, 2.05) is 19.3 Å². The minimum absolute atomic E-state index is 0.0632. The average Bonchev–Trinajstić information content (AvgIpc) is 3.18. The monoisotopic (exact) mass is 329 g/mol. The first-order valence-electron chi connectivity index (χ1n) is 8.18. The molecule has 0 radical (unpaired) electrons. The first-order chi connectivity index (χ1) is 11.6. The number of nitrogens with one attached hydrogen (secondary N) is 1. The quantitative estimate of drug-likeness (QED) is 0.931. The third kappa shape index (κ3) is 2.91. The highest BCUT2D eigenvalue weighted by Gasteiger charge is 2.46. The Labute approximate surface area is 140 Å². The Hall–Kier alpha value is -2.28. The summed E-state index contributed by atoms with van der Waals surface area (Å²) in [6, 6.07) is 3.06. The van der Waals surface area contributed by atoms with E-state index in [0.29, 0.717) is 12.4 Å². The number of anilines is 2. The fraction of sp³-hybridized carbons (Fsp3) is 0.471. The number of hydrogen-bond acceptors (Lipinski definition) is 6. The fourth-order valence-corrected chi connectivity index (χ4v) is 3.47. The number of ether oxygens (including phenoxy) is 1. The maximum atomic E-state index is 13.7. The molecule has 1 spiro atoms. The highest BCUT2D eigenvalue weighted by atomic mass is 19.1. The van der Waals surface area contributed by atoms with Crippen LogP contribution in [0.3, 0.4) is 0 Å². The van der Waals surface area contributed by atoms with E-state index >= 15 is 0 Å². The summed E-state index contributed by atoms with van der Waals surface area (Å²) in [6.07, 6.45) is 7.00. The Balaban J connectivity index is 1.41. The summed E-state index contributed by atoms with van der Waals surface area (Å²) >= 11 is 0. The molecular formula is C17H20FN5O. The molecule has 1 N–H and O–H groups in total. The van der Waals surface area contributed by atoms with Gasteiger partial charge in [0.25, 0.3) is 0 Å². The first kappa shape index (κ1) is 15.3. The maximum absolute atomic E-state index is 13.7.